The fraction of sp³-hybridized carbons (Fsp3) is 0.118. The van der Waals surface area contributed by atoms with Crippen molar-refractivity contribution in [2.45, 2.75) is 6.42 Å². The molecular formula is C17H17N5O. The van der Waals surface area contributed by atoms with Gasteiger partial charge in [-0.3, -0.25) is 14.9 Å². The van der Waals surface area contributed by atoms with E-state index in [0.29, 0.717) is 23.6 Å². The molecule has 0 aliphatic heterocycles. The third-order valence-electron chi connectivity index (χ3n) is 3.45. The van der Waals surface area contributed by atoms with Gasteiger partial charge in [-0.1, -0.05) is 12.1 Å². The molecule has 3 rings (SSSR count). The predicted molar refractivity (Wildman–Crippen MR) is 88.7 cm³/mol. The fourth-order valence-electron chi connectivity index (χ4n) is 2.25. The molecule has 0 saturated heterocycles. The number of anilines is 1. The van der Waals surface area contributed by atoms with E-state index >= 15 is 0 Å². The summed E-state index contributed by atoms with van der Waals surface area (Å²) < 4.78 is 0. The SMILES string of the molecule is Nc1cccc(-c2cc(C(=O)NCCc3ccncc3)[nH]n2)c1. The Balaban J connectivity index is 1.60. The summed E-state index contributed by atoms with van der Waals surface area (Å²) in [7, 11) is 0. The van der Waals surface area contributed by atoms with E-state index in [1.54, 1.807) is 18.5 Å². The van der Waals surface area contributed by atoms with Crippen LogP contribution in [0.3, 0.4) is 0 Å². The van der Waals surface area contributed by atoms with Crippen molar-refractivity contribution >= 4 is 11.6 Å². The Bertz CT molecular complexity index is 798. The molecule has 0 saturated carbocycles. The lowest BCUT2D eigenvalue weighted by molar-refractivity contribution is 0.0949. The molecule has 116 valence electrons. The van der Waals surface area contributed by atoms with Crippen LogP contribution in [0.15, 0.2) is 54.9 Å². The molecule has 0 aliphatic carbocycles. The number of amides is 1. The van der Waals surface area contributed by atoms with Gasteiger partial charge in [0.2, 0.25) is 0 Å². The molecule has 1 aromatic carbocycles. The van der Waals surface area contributed by atoms with Crippen molar-refractivity contribution in [2.24, 2.45) is 0 Å². The largest absolute Gasteiger partial charge is 0.399 e. The number of pyridine rings is 1. The summed E-state index contributed by atoms with van der Waals surface area (Å²) in [5.74, 6) is -0.179. The van der Waals surface area contributed by atoms with Gasteiger partial charge in [0.15, 0.2) is 0 Å². The molecule has 0 unspecified atom stereocenters. The summed E-state index contributed by atoms with van der Waals surface area (Å²) in [6.45, 7) is 0.551. The van der Waals surface area contributed by atoms with Crippen LogP contribution in [0.2, 0.25) is 0 Å². The van der Waals surface area contributed by atoms with Gasteiger partial charge in [-0.15, -0.1) is 0 Å². The Morgan fingerprint density at radius 3 is 2.78 bits per heavy atom. The topological polar surface area (TPSA) is 96.7 Å². The maximum absolute atomic E-state index is 12.1. The summed E-state index contributed by atoms with van der Waals surface area (Å²) in [6.07, 6.45) is 4.23. The zero-order chi connectivity index (χ0) is 16.1. The Kier molecular flexibility index (Phi) is 4.33. The van der Waals surface area contributed by atoms with E-state index in [2.05, 4.69) is 20.5 Å². The quantitative estimate of drug-likeness (QED) is 0.628. The zero-order valence-corrected chi connectivity index (χ0v) is 12.5. The number of hydrogen-bond acceptors (Lipinski definition) is 4. The summed E-state index contributed by atoms with van der Waals surface area (Å²) >= 11 is 0. The van der Waals surface area contributed by atoms with E-state index in [9.17, 15) is 4.79 Å². The average molecular weight is 307 g/mol. The van der Waals surface area contributed by atoms with Crippen LogP contribution in [0, 0.1) is 0 Å². The molecule has 0 radical (unpaired) electrons. The number of hydrogen-bond donors (Lipinski definition) is 3. The van der Waals surface area contributed by atoms with E-state index in [-0.39, 0.29) is 5.91 Å². The van der Waals surface area contributed by atoms with Crippen molar-refractivity contribution < 1.29 is 4.79 Å². The van der Waals surface area contributed by atoms with Gasteiger partial charge in [-0.2, -0.15) is 5.10 Å². The maximum atomic E-state index is 12.1. The van der Waals surface area contributed by atoms with Gasteiger partial charge in [0, 0.05) is 30.2 Å². The molecule has 4 N–H and O–H groups in total. The highest BCUT2D eigenvalue weighted by Crippen LogP contribution is 2.19. The summed E-state index contributed by atoms with van der Waals surface area (Å²) in [5, 5.41) is 9.79. The molecule has 0 atom stereocenters. The number of benzene rings is 1. The third-order valence-corrected chi connectivity index (χ3v) is 3.45. The molecule has 1 amide bonds. The minimum Gasteiger partial charge on any atom is -0.399 e. The highest BCUT2D eigenvalue weighted by Gasteiger charge is 2.10. The van der Waals surface area contributed by atoms with Gasteiger partial charge >= 0.3 is 0 Å². The number of nitrogen functional groups attached to an aromatic ring is 1. The minimum absolute atomic E-state index is 0.179. The number of nitrogens with one attached hydrogen (secondary N) is 2. The standard InChI is InChI=1S/C17H17N5O/c18-14-3-1-2-13(10-14)15-11-16(22-21-15)17(23)20-9-6-12-4-7-19-8-5-12/h1-5,7-8,10-11H,6,9,18H2,(H,20,23)(H,21,22). The second kappa shape index (κ2) is 6.74. The molecule has 2 aromatic heterocycles. The molecule has 0 spiro atoms. The normalized spacial score (nSPS) is 10.4. The van der Waals surface area contributed by atoms with Gasteiger partial charge in [-0.05, 0) is 42.3 Å². The number of aromatic nitrogens is 3. The van der Waals surface area contributed by atoms with Crippen LogP contribution < -0.4 is 11.1 Å². The lowest BCUT2D eigenvalue weighted by atomic mass is 10.1. The second-order valence-corrected chi connectivity index (χ2v) is 5.15. The first kappa shape index (κ1) is 14.8. The van der Waals surface area contributed by atoms with E-state index in [4.69, 9.17) is 5.73 Å². The van der Waals surface area contributed by atoms with Crippen LogP contribution in [0.1, 0.15) is 16.1 Å². The van der Waals surface area contributed by atoms with Crippen molar-refractivity contribution in [1.29, 1.82) is 0 Å². The van der Waals surface area contributed by atoms with Crippen molar-refractivity contribution in [3.63, 3.8) is 0 Å². The molecule has 6 nitrogen and oxygen atoms in total. The van der Waals surface area contributed by atoms with Crippen LogP contribution in [0.5, 0.6) is 0 Å². The molecule has 0 bridgehead atoms. The Hall–Kier alpha value is -3.15. The molecule has 6 heteroatoms. The van der Waals surface area contributed by atoms with Crippen molar-refractivity contribution in [1.82, 2.24) is 20.5 Å². The molecule has 0 aliphatic rings. The van der Waals surface area contributed by atoms with Crippen LogP contribution >= 0.6 is 0 Å². The minimum atomic E-state index is -0.179. The van der Waals surface area contributed by atoms with E-state index in [1.807, 2.05) is 36.4 Å². The monoisotopic (exact) mass is 307 g/mol. The smallest absolute Gasteiger partial charge is 0.269 e. The summed E-state index contributed by atoms with van der Waals surface area (Å²) in [4.78, 5) is 16.1. The molecule has 3 aromatic rings. The predicted octanol–water partition coefficient (Wildman–Crippen LogP) is 2.03. The Morgan fingerprint density at radius 2 is 2.00 bits per heavy atom. The van der Waals surface area contributed by atoms with Gasteiger partial charge in [0.25, 0.3) is 5.91 Å². The van der Waals surface area contributed by atoms with Gasteiger partial charge in [0.05, 0.1) is 5.69 Å². The fourth-order valence-corrected chi connectivity index (χ4v) is 2.25. The number of nitrogens with zero attached hydrogens (tertiary/aromatic N) is 2. The second-order valence-electron chi connectivity index (χ2n) is 5.15. The van der Waals surface area contributed by atoms with E-state index in [0.717, 1.165) is 17.5 Å². The first-order valence-corrected chi connectivity index (χ1v) is 7.31. The summed E-state index contributed by atoms with van der Waals surface area (Å²) in [6, 6.07) is 13.0. The van der Waals surface area contributed by atoms with Gasteiger partial charge in [0.1, 0.15) is 5.69 Å². The maximum Gasteiger partial charge on any atom is 0.269 e. The van der Waals surface area contributed by atoms with Gasteiger partial charge < -0.3 is 11.1 Å². The zero-order valence-electron chi connectivity index (χ0n) is 12.5. The first-order valence-electron chi connectivity index (χ1n) is 7.31. The number of carbonyl (C=O) groups is 1. The molecule has 0 fully saturated rings. The molecule has 23 heavy (non-hydrogen) atoms. The number of nitrogens with two attached hydrogens (primary N) is 1. The average Bonchev–Trinajstić information content (AvgIpc) is 3.06. The van der Waals surface area contributed by atoms with Crippen LogP contribution in [-0.4, -0.2) is 27.6 Å². The Labute approximate surface area is 133 Å². The lowest BCUT2D eigenvalue weighted by Gasteiger charge is -2.03. The van der Waals surface area contributed by atoms with Crippen molar-refractivity contribution in [3.05, 3.63) is 66.1 Å². The number of carbonyl (C=O) groups excluding carboxylic acids is 1. The summed E-state index contributed by atoms with van der Waals surface area (Å²) in [5.41, 5.74) is 9.54. The van der Waals surface area contributed by atoms with Crippen molar-refractivity contribution in [2.75, 3.05) is 12.3 Å². The Morgan fingerprint density at radius 1 is 1.17 bits per heavy atom. The molecular weight excluding hydrogens is 290 g/mol. The highest BCUT2D eigenvalue weighted by molar-refractivity contribution is 5.93. The van der Waals surface area contributed by atoms with Crippen LogP contribution in [0.4, 0.5) is 5.69 Å². The van der Waals surface area contributed by atoms with Crippen LogP contribution in [-0.2, 0) is 6.42 Å². The van der Waals surface area contributed by atoms with E-state index in [1.165, 1.54) is 0 Å². The van der Waals surface area contributed by atoms with Gasteiger partial charge in [-0.25, -0.2) is 0 Å². The lowest BCUT2D eigenvalue weighted by Crippen LogP contribution is -2.26. The number of rotatable bonds is 5. The number of H-pyrrole nitrogens is 1. The first-order chi connectivity index (χ1) is 11.2. The third kappa shape index (κ3) is 3.74. The van der Waals surface area contributed by atoms with Crippen molar-refractivity contribution in [3.8, 4) is 11.3 Å². The van der Waals surface area contributed by atoms with E-state index < -0.39 is 0 Å². The molecule has 2 heterocycles. The highest BCUT2D eigenvalue weighted by atomic mass is 16.1. The van der Waals surface area contributed by atoms with Crippen LogP contribution in [0.25, 0.3) is 11.3 Å². The number of aromatic amines is 1.